The van der Waals surface area contributed by atoms with Crippen LogP contribution in [0.4, 0.5) is 0 Å². The smallest absolute Gasteiger partial charge is 0.306 e. The SMILES string of the molecule is CCCN(CCC(=O)OC)C1CC1. The second kappa shape index (κ2) is 5.22. The van der Waals surface area contributed by atoms with Crippen LogP contribution in [-0.4, -0.2) is 37.1 Å². The largest absolute Gasteiger partial charge is 0.469 e. The summed E-state index contributed by atoms with van der Waals surface area (Å²) >= 11 is 0. The first-order valence-corrected chi connectivity index (χ1v) is 5.08. The van der Waals surface area contributed by atoms with Crippen LogP contribution < -0.4 is 0 Å². The molecule has 0 aliphatic heterocycles. The number of esters is 1. The summed E-state index contributed by atoms with van der Waals surface area (Å²) in [4.78, 5) is 13.3. The molecule has 0 saturated heterocycles. The Morgan fingerprint density at radius 3 is 2.62 bits per heavy atom. The molecule has 0 aromatic heterocycles. The molecule has 3 heteroatoms. The first-order chi connectivity index (χ1) is 6.27. The average Bonchev–Trinajstić information content (AvgIpc) is 2.94. The molecular formula is C10H19NO2. The van der Waals surface area contributed by atoms with Gasteiger partial charge in [0.1, 0.15) is 0 Å². The highest BCUT2D eigenvalue weighted by Gasteiger charge is 2.28. The van der Waals surface area contributed by atoms with Crippen LogP contribution in [0.15, 0.2) is 0 Å². The molecule has 0 N–H and O–H groups in total. The van der Waals surface area contributed by atoms with E-state index in [2.05, 4.69) is 16.6 Å². The summed E-state index contributed by atoms with van der Waals surface area (Å²) in [5, 5.41) is 0. The number of carbonyl (C=O) groups is 1. The van der Waals surface area contributed by atoms with Crippen molar-refractivity contribution in [1.82, 2.24) is 4.90 Å². The molecule has 0 spiro atoms. The average molecular weight is 185 g/mol. The molecule has 1 saturated carbocycles. The lowest BCUT2D eigenvalue weighted by Crippen LogP contribution is -2.29. The van der Waals surface area contributed by atoms with E-state index in [0.29, 0.717) is 6.42 Å². The van der Waals surface area contributed by atoms with E-state index < -0.39 is 0 Å². The minimum absolute atomic E-state index is 0.0956. The van der Waals surface area contributed by atoms with Gasteiger partial charge in [0.15, 0.2) is 0 Å². The number of carbonyl (C=O) groups excluding carboxylic acids is 1. The fraction of sp³-hybridized carbons (Fsp3) is 0.900. The van der Waals surface area contributed by atoms with Crippen molar-refractivity contribution >= 4 is 5.97 Å². The van der Waals surface area contributed by atoms with E-state index in [4.69, 9.17) is 0 Å². The van der Waals surface area contributed by atoms with Gasteiger partial charge in [-0.2, -0.15) is 0 Å². The van der Waals surface area contributed by atoms with Crippen LogP contribution in [0.3, 0.4) is 0 Å². The molecule has 1 aliphatic rings. The zero-order valence-corrected chi connectivity index (χ0v) is 8.58. The predicted molar refractivity (Wildman–Crippen MR) is 51.5 cm³/mol. The van der Waals surface area contributed by atoms with Crippen molar-refractivity contribution in [3.8, 4) is 0 Å². The topological polar surface area (TPSA) is 29.5 Å². The van der Waals surface area contributed by atoms with E-state index in [1.807, 2.05) is 0 Å². The Morgan fingerprint density at radius 2 is 2.15 bits per heavy atom. The van der Waals surface area contributed by atoms with Crippen LogP contribution in [0.2, 0.25) is 0 Å². The third-order valence-electron chi connectivity index (χ3n) is 2.40. The van der Waals surface area contributed by atoms with Gasteiger partial charge in [-0.05, 0) is 25.8 Å². The van der Waals surface area contributed by atoms with E-state index in [1.54, 1.807) is 0 Å². The third kappa shape index (κ3) is 3.77. The summed E-state index contributed by atoms with van der Waals surface area (Å²) in [6, 6.07) is 0.754. The molecule has 1 fully saturated rings. The van der Waals surface area contributed by atoms with E-state index in [0.717, 1.165) is 25.6 Å². The molecule has 76 valence electrons. The highest BCUT2D eigenvalue weighted by molar-refractivity contribution is 5.69. The number of rotatable bonds is 6. The van der Waals surface area contributed by atoms with E-state index in [-0.39, 0.29) is 5.97 Å². The molecule has 0 aromatic carbocycles. The van der Waals surface area contributed by atoms with Crippen molar-refractivity contribution in [3.05, 3.63) is 0 Å². The van der Waals surface area contributed by atoms with Crippen LogP contribution in [0.1, 0.15) is 32.6 Å². The van der Waals surface area contributed by atoms with Crippen molar-refractivity contribution in [2.75, 3.05) is 20.2 Å². The molecule has 1 rings (SSSR count). The van der Waals surface area contributed by atoms with Gasteiger partial charge in [0.25, 0.3) is 0 Å². The summed E-state index contributed by atoms with van der Waals surface area (Å²) in [5.41, 5.74) is 0. The van der Waals surface area contributed by atoms with Gasteiger partial charge in [0.05, 0.1) is 13.5 Å². The van der Waals surface area contributed by atoms with Gasteiger partial charge in [0, 0.05) is 12.6 Å². The van der Waals surface area contributed by atoms with Crippen LogP contribution in [0.5, 0.6) is 0 Å². The number of ether oxygens (including phenoxy) is 1. The number of nitrogens with zero attached hydrogens (tertiary/aromatic N) is 1. The Bertz CT molecular complexity index is 166. The first kappa shape index (κ1) is 10.5. The molecule has 0 heterocycles. The molecule has 1 aliphatic carbocycles. The lowest BCUT2D eigenvalue weighted by Gasteiger charge is -2.20. The zero-order valence-electron chi connectivity index (χ0n) is 8.58. The normalized spacial score (nSPS) is 16.2. The highest BCUT2D eigenvalue weighted by atomic mass is 16.5. The highest BCUT2D eigenvalue weighted by Crippen LogP contribution is 2.26. The fourth-order valence-electron chi connectivity index (χ4n) is 1.54. The molecule has 0 bridgehead atoms. The summed E-state index contributed by atoms with van der Waals surface area (Å²) in [7, 11) is 1.45. The van der Waals surface area contributed by atoms with Crippen molar-refractivity contribution < 1.29 is 9.53 Å². The molecule has 3 nitrogen and oxygen atoms in total. The van der Waals surface area contributed by atoms with Gasteiger partial charge in [-0.25, -0.2) is 0 Å². The quantitative estimate of drug-likeness (QED) is 0.586. The monoisotopic (exact) mass is 185 g/mol. The second-order valence-corrected chi connectivity index (χ2v) is 3.59. The Balaban J connectivity index is 2.17. The Labute approximate surface area is 80.1 Å². The van der Waals surface area contributed by atoms with Gasteiger partial charge in [-0.15, -0.1) is 0 Å². The van der Waals surface area contributed by atoms with E-state index in [9.17, 15) is 4.79 Å². The molecule has 13 heavy (non-hydrogen) atoms. The molecular weight excluding hydrogens is 166 g/mol. The van der Waals surface area contributed by atoms with Crippen LogP contribution in [0.25, 0.3) is 0 Å². The predicted octanol–water partition coefficient (Wildman–Crippen LogP) is 1.42. The van der Waals surface area contributed by atoms with Crippen molar-refractivity contribution in [2.24, 2.45) is 0 Å². The Kier molecular flexibility index (Phi) is 4.22. The zero-order chi connectivity index (χ0) is 9.68. The fourth-order valence-corrected chi connectivity index (χ4v) is 1.54. The van der Waals surface area contributed by atoms with Crippen LogP contribution >= 0.6 is 0 Å². The Morgan fingerprint density at radius 1 is 1.46 bits per heavy atom. The maximum atomic E-state index is 10.9. The van der Waals surface area contributed by atoms with Gasteiger partial charge in [-0.1, -0.05) is 6.92 Å². The van der Waals surface area contributed by atoms with Gasteiger partial charge in [-0.3, -0.25) is 9.69 Å². The second-order valence-electron chi connectivity index (χ2n) is 3.59. The number of hydrogen-bond acceptors (Lipinski definition) is 3. The van der Waals surface area contributed by atoms with E-state index in [1.165, 1.54) is 20.0 Å². The van der Waals surface area contributed by atoms with Crippen LogP contribution in [-0.2, 0) is 9.53 Å². The number of methoxy groups -OCH3 is 1. The van der Waals surface area contributed by atoms with Gasteiger partial charge < -0.3 is 4.74 Å². The Hall–Kier alpha value is -0.570. The van der Waals surface area contributed by atoms with E-state index >= 15 is 0 Å². The van der Waals surface area contributed by atoms with Gasteiger partial charge in [0.2, 0.25) is 0 Å². The molecule has 0 aromatic rings. The lowest BCUT2D eigenvalue weighted by atomic mass is 10.3. The summed E-state index contributed by atoms with van der Waals surface area (Å²) in [5.74, 6) is -0.0956. The minimum Gasteiger partial charge on any atom is -0.469 e. The van der Waals surface area contributed by atoms with Crippen molar-refractivity contribution in [2.45, 2.75) is 38.6 Å². The summed E-state index contributed by atoms with van der Waals surface area (Å²) < 4.78 is 4.61. The molecule has 0 radical (unpaired) electrons. The maximum absolute atomic E-state index is 10.9. The minimum atomic E-state index is -0.0956. The summed E-state index contributed by atoms with van der Waals surface area (Å²) in [6.07, 6.45) is 4.31. The van der Waals surface area contributed by atoms with Crippen molar-refractivity contribution in [3.63, 3.8) is 0 Å². The van der Waals surface area contributed by atoms with Crippen molar-refractivity contribution in [1.29, 1.82) is 0 Å². The van der Waals surface area contributed by atoms with Gasteiger partial charge >= 0.3 is 5.97 Å². The molecule has 0 amide bonds. The lowest BCUT2D eigenvalue weighted by molar-refractivity contribution is -0.141. The first-order valence-electron chi connectivity index (χ1n) is 5.08. The molecule has 0 atom stereocenters. The van der Waals surface area contributed by atoms with Crippen LogP contribution in [0, 0.1) is 0 Å². The summed E-state index contributed by atoms with van der Waals surface area (Å²) in [6.45, 7) is 4.15. The third-order valence-corrected chi connectivity index (χ3v) is 2.40. The maximum Gasteiger partial charge on any atom is 0.306 e. The standard InChI is InChI=1S/C10H19NO2/c1-3-7-11(9-4-5-9)8-6-10(12)13-2/h9H,3-8H2,1-2H3. The molecule has 0 unspecified atom stereocenters. The number of hydrogen-bond donors (Lipinski definition) is 0.